The zero-order valence-electron chi connectivity index (χ0n) is 11.1. The summed E-state index contributed by atoms with van der Waals surface area (Å²) in [7, 11) is 1.69. The maximum Gasteiger partial charge on any atom is 0.288 e. The highest BCUT2D eigenvalue weighted by molar-refractivity contribution is 8.13. The number of halogens is 2. The summed E-state index contributed by atoms with van der Waals surface area (Å²) in [6.45, 7) is 0.432. The van der Waals surface area contributed by atoms with Crippen LogP contribution in [0.25, 0.3) is 0 Å². The smallest absolute Gasteiger partial charge is 0.288 e. The summed E-state index contributed by atoms with van der Waals surface area (Å²) in [4.78, 5) is 10.0. The van der Waals surface area contributed by atoms with E-state index in [-0.39, 0.29) is 16.5 Å². The van der Waals surface area contributed by atoms with Crippen LogP contribution in [-0.2, 0) is 9.05 Å². The van der Waals surface area contributed by atoms with E-state index in [2.05, 4.69) is 0 Å². The molecule has 1 aromatic rings. The summed E-state index contributed by atoms with van der Waals surface area (Å²) in [5.74, 6) is 0.446. The van der Waals surface area contributed by atoms with E-state index in [4.69, 9.17) is 27.0 Å². The molecule has 0 radical (unpaired) electrons. The van der Waals surface area contributed by atoms with Gasteiger partial charge in [0.1, 0.15) is 10.8 Å². The first-order chi connectivity index (χ1) is 9.79. The van der Waals surface area contributed by atoms with Gasteiger partial charge in [-0.1, -0.05) is 24.4 Å². The van der Waals surface area contributed by atoms with Gasteiger partial charge in [0.05, 0.1) is 17.3 Å². The monoisotopic (exact) mass is 355 g/mol. The van der Waals surface area contributed by atoms with Crippen LogP contribution in [0, 0.1) is 10.1 Å². The highest BCUT2D eigenvalue weighted by Crippen LogP contribution is 2.28. The fraction of sp³-hybridized carbons (Fsp3) is 0.500. The molecule has 0 atom stereocenters. The average molecular weight is 356 g/mol. The number of nitrogens with zero attached hydrogens (tertiary/aromatic N) is 1. The molecule has 0 amide bonds. The lowest BCUT2D eigenvalue weighted by Gasteiger charge is -2.06. The molecule has 0 unspecified atom stereocenters. The molecule has 21 heavy (non-hydrogen) atoms. The third kappa shape index (κ3) is 7.50. The minimum Gasteiger partial charge on any atom is -0.494 e. The van der Waals surface area contributed by atoms with E-state index >= 15 is 0 Å². The van der Waals surface area contributed by atoms with Crippen molar-refractivity contribution in [1.82, 2.24) is 0 Å². The van der Waals surface area contributed by atoms with Crippen molar-refractivity contribution in [2.45, 2.75) is 25.7 Å². The Kier molecular flexibility index (Phi) is 7.21. The highest BCUT2D eigenvalue weighted by Gasteiger charge is 2.12. The van der Waals surface area contributed by atoms with Crippen LogP contribution in [0.4, 0.5) is 5.69 Å². The molecule has 0 saturated carbocycles. The van der Waals surface area contributed by atoms with Crippen molar-refractivity contribution in [3.05, 3.63) is 33.3 Å². The van der Waals surface area contributed by atoms with Crippen molar-refractivity contribution >= 4 is 37.0 Å². The molecule has 118 valence electrons. The van der Waals surface area contributed by atoms with E-state index in [1.165, 1.54) is 18.2 Å². The summed E-state index contributed by atoms with van der Waals surface area (Å²) >= 11 is 5.76. The van der Waals surface area contributed by atoms with Gasteiger partial charge in [-0.25, -0.2) is 8.42 Å². The van der Waals surface area contributed by atoms with Crippen LogP contribution >= 0.6 is 22.3 Å². The molecule has 9 heteroatoms. The number of hydrogen-bond acceptors (Lipinski definition) is 5. The molecule has 0 N–H and O–H groups in total. The Hall–Kier alpha value is -1.05. The minimum atomic E-state index is -3.40. The van der Waals surface area contributed by atoms with E-state index in [1.807, 2.05) is 0 Å². The van der Waals surface area contributed by atoms with E-state index in [0.29, 0.717) is 18.8 Å². The summed E-state index contributed by atoms with van der Waals surface area (Å²) in [6.07, 6.45) is 2.83. The Bertz CT molecular complexity index is 591. The maximum atomic E-state index is 10.7. The first-order valence-corrected chi connectivity index (χ1v) is 9.14. The average Bonchev–Trinajstić information content (AvgIpc) is 2.36. The van der Waals surface area contributed by atoms with Crippen LogP contribution in [0.3, 0.4) is 0 Å². The largest absolute Gasteiger partial charge is 0.494 e. The molecule has 0 aliphatic heterocycles. The number of unbranched alkanes of at least 4 members (excludes halogenated alkanes) is 3. The minimum absolute atomic E-state index is 0.0205. The zero-order chi connectivity index (χ0) is 15.9. The third-order valence-electron chi connectivity index (χ3n) is 2.67. The van der Waals surface area contributed by atoms with Crippen LogP contribution in [0.2, 0.25) is 5.02 Å². The van der Waals surface area contributed by atoms with E-state index in [1.54, 1.807) is 0 Å². The summed E-state index contributed by atoms with van der Waals surface area (Å²) < 4.78 is 26.8. The first kappa shape index (κ1) is 18.0. The zero-order valence-corrected chi connectivity index (χ0v) is 13.5. The van der Waals surface area contributed by atoms with E-state index < -0.39 is 14.0 Å². The lowest BCUT2D eigenvalue weighted by Crippen LogP contribution is -2.00. The van der Waals surface area contributed by atoms with Crippen molar-refractivity contribution in [1.29, 1.82) is 0 Å². The van der Waals surface area contributed by atoms with Crippen molar-refractivity contribution in [3.63, 3.8) is 0 Å². The molecule has 0 bridgehead atoms. The molecule has 0 fully saturated rings. The molecular weight excluding hydrogens is 341 g/mol. The Morgan fingerprint density at radius 2 is 1.86 bits per heavy atom. The second kappa shape index (κ2) is 8.41. The fourth-order valence-electron chi connectivity index (χ4n) is 1.65. The molecule has 0 aliphatic carbocycles. The van der Waals surface area contributed by atoms with Gasteiger partial charge >= 0.3 is 0 Å². The number of nitro benzene ring substituents is 1. The normalized spacial score (nSPS) is 11.3. The highest BCUT2D eigenvalue weighted by atomic mass is 35.7. The second-order valence-electron chi connectivity index (χ2n) is 4.38. The first-order valence-electron chi connectivity index (χ1n) is 6.28. The van der Waals surface area contributed by atoms with Gasteiger partial charge in [0.2, 0.25) is 9.05 Å². The SMILES string of the molecule is O=[N+]([O-])c1ccc(OCCCCCCS(=O)(=O)Cl)cc1Cl. The van der Waals surface area contributed by atoms with Gasteiger partial charge in [-0.3, -0.25) is 10.1 Å². The van der Waals surface area contributed by atoms with Gasteiger partial charge in [0.15, 0.2) is 0 Å². The Labute approximate surface area is 132 Å². The quantitative estimate of drug-likeness (QED) is 0.291. The molecule has 0 spiro atoms. The molecule has 1 rings (SSSR count). The van der Waals surface area contributed by atoms with Gasteiger partial charge in [-0.15, -0.1) is 0 Å². The topological polar surface area (TPSA) is 86.5 Å². The molecule has 0 aromatic heterocycles. The third-order valence-corrected chi connectivity index (χ3v) is 4.21. The lowest BCUT2D eigenvalue weighted by molar-refractivity contribution is -0.384. The van der Waals surface area contributed by atoms with Crippen LogP contribution in [0.1, 0.15) is 25.7 Å². The predicted molar refractivity (Wildman–Crippen MR) is 81.7 cm³/mol. The number of ether oxygens (including phenoxy) is 1. The van der Waals surface area contributed by atoms with Crippen LogP contribution in [0.5, 0.6) is 5.75 Å². The van der Waals surface area contributed by atoms with Crippen molar-refractivity contribution in [3.8, 4) is 5.75 Å². The van der Waals surface area contributed by atoms with Crippen LogP contribution in [-0.4, -0.2) is 25.7 Å². The summed E-state index contributed by atoms with van der Waals surface area (Å²) in [5.41, 5.74) is -0.161. The van der Waals surface area contributed by atoms with Crippen LogP contribution < -0.4 is 4.74 Å². The van der Waals surface area contributed by atoms with Crippen molar-refractivity contribution in [2.75, 3.05) is 12.4 Å². The van der Waals surface area contributed by atoms with Gasteiger partial charge in [-0.2, -0.15) is 0 Å². The summed E-state index contributed by atoms with van der Waals surface area (Å²) in [6, 6.07) is 4.19. The van der Waals surface area contributed by atoms with Gasteiger partial charge in [0.25, 0.3) is 5.69 Å². The predicted octanol–water partition coefficient (Wildman–Crippen LogP) is 3.76. The fourth-order valence-corrected chi connectivity index (χ4v) is 2.76. The van der Waals surface area contributed by atoms with Gasteiger partial charge in [0, 0.05) is 22.8 Å². The van der Waals surface area contributed by atoms with E-state index in [0.717, 1.165) is 19.3 Å². The van der Waals surface area contributed by atoms with E-state index in [9.17, 15) is 18.5 Å². The second-order valence-corrected chi connectivity index (χ2v) is 7.68. The Balaban J connectivity index is 2.24. The Morgan fingerprint density at radius 3 is 2.43 bits per heavy atom. The van der Waals surface area contributed by atoms with Crippen molar-refractivity contribution < 1.29 is 18.1 Å². The van der Waals surface area contributed by atoms with Gasteiger partial charge in [-0.05, 0) is 18.9 Å². The molecule has 0 aliphatic rings. The summed E-state index contributed by atoms with van der Waals surface area (Å²) in [5, 5.41) is 10.6. The van der Waals surface area contributed by atoms with Crippen molar-refractivity contribution in [2.24, 2.45) is 0 Å². The molecule has 0 saturated heterocycles. The number of hydrogen-bond donors (Lipinski definition) is 0. The Morgan fingerprint density at radius 1 is 1.19 bits per heavy atom. The maximum absolute atomic E-state index is 10.7. The lowest BCUT2D eigenvalue weighted by atomic mass is 10.2. The number of benzene rings is 1. The molecule has 6 nitrogen and oxygen atoms in total. The molecular formula is C12H15Cl2NO5S. The standard InChI is InChI=1S/C12H15Cl2NO5S/c13-11-9-10(5-6-12(11)15(16)17)20-7-3-1-2-4-8-21(14,18)19/h5-6,9H,1-4,7-8H2. The number of rotatable bonds is 9. The van der Waals surface area contributed by atoms with Crippen LogP contribution in [0.15, 0.2) is 18.2 Å². The number of nitro groups is 1. The molecule has 0 heterocycles. The van der Waals surface area contributed by atoms with Gasteiger partial charge < -0.3 is 4.74 Å². The molecule has 1 aromatic carbocycles.